The maximum Gasteiger partial charge on any atom is 0.161 e. The van der Waals surface area contributed by atoms with E-state index in [1.54, 1.807) is 12.1 Å². The minimum absolute atomic E-state index is 0.0481. The molecule has 0 aliphatic heterocycles. The summed E-state index contributed by atoms with van der Waals surface area (Å²) in [7, 11) is 0. The summed E-state index contributed by atoms with van der Waals surface area (Å²) in [4.78, 5) is 4.62. The minimum Gasteiger partial charge on any atom is -0.487 e. The van der Waals surface area contributed by atoms with Crippen molar-refractivity contribution in [2.45, 2.75) is 26.5 Å². The number of aromatic nitrogens is 3. The largest absolute Gasteiger partial charge is 0.487 e. The van der Waals surface area contributed by atoms with Crippen LogP contribution in [-0.2, 0) is 6.61 Å². The summed E-state index contributed by atoms with van der Waals surface area (Å²) < 4.78 is 35.3. The highest BCUT2D eigenvalue weighted by molar-refractivity contribution is 6.31. The second kappa shape index (κ2) is 9.79. The van der Waals surface area contributed by atoms with Gasteiger partial charge in [0.15, 0.2) is 5.82 Å². The number of hydrogen-bond donors (Lipinski definition) is 2. The van der Waals surface area contributed by atoms with Crippen LogP contribution < -0.4 is 10.1 Å². The standard InChI is InChI=1S/C25H23ClF2N4O2/c1-14-7-23(32-11-18(28)10-29-32)19-5-4-6-24(25(19)31-14)34-13-21-20(8-17(27)9-22(21)26)16(3)30-15(2)12-33/h4-11,16,30,33H,2,12-13H2,1,3H3/t16-/m0/s1. The van der Waals surface area contributed by atoms with Gasteiger partial charge in [-0.3, -0.25) is 0 Å². The molecular formula is C25H23ClF2N4O2. The molecular weight excluding hydrogens is 462 g/mol. The van der Waals surface area contributed by atoms with Gasteiger partial charge in [-0.1, -0.05) is 30.3 Å². The van der Waals surface area contributed by atoms with Crippen molar-refractivity contribution in [1.29, 1.82) is 0 Å². The number of pyridine rings is 1. The van der Waals surface area contributed by atoms with Crippen LogP contribution in [0.1, 0.15) is 29.8 Å². The number of aliphatic hydroxyl groups is 1. The number of benzene rings is 2. The van der Waals surface area contributed by atoms with Crippen LogP contribution in [0.25, 0.3) is 16.6 Å². The van der Waals surface area contributed by atoms with Crippen molar-refractivity contribution >= 4 is 22.5 Å². The Morgan fingerprint density at radius 2 is 2.06 bits per heavy atom. The molecule has 2 N–H and O–H groups in total. The maximum absolute atomic E-state index is 14.1. The van der Waals surface area contributed by atoms with Gasteiger partial charge in [-0.15, -0.1) is 0 Å². The molecule has 2 heterocycles. The van der Waals surface area contributed by atoms with Gasteiger partial charge in [0.25, 0.3) is 0 Å². The van der Waals surface area contributed by atoms with Gasteiger partial charge in [0.05, 0.1) is 29.7 Å². The third-order valence-electron chi connectivity index (χ3n) is 5.35. The molecule has 0 saturated heterocycles. The van der Waals surface area contributed by atoms with E-state index in [-0.39, 0.29) is 24.3 Å². The van der Waals surface area contributed by atoms with Crippen LogP contribution in [0.2, 0.25) is 5.02 Å². The van der Waals surface area contributed by atoms with E-state index in [9.17, 15) is 13.9 Å². The highest BCUT2D eigenvalue weighted by Crippen LogP contribution is 2.32. The van der Waals surface area contributed by atoms with Crippen molar-refractivity contribution in [3.8, 4) is 11.4 Å². The summed E-state index contributed by atoms with van der Waals surface area (Å²) in [5.74, 6) is -0.438. The zero-order valence-electron chi connectivity index (χ0n) is 18.6. The first-order valence-electron chi connectivity index (χ1n) is 10.5. The Labute approximate surface area is 200 Å². The SMILES string of the molecule is C=C(CO)N[C@@H](C)c1cc(F)cc(Cl)c1COc1cccc2c(-n3cc(F)cn3)cc(C)nc12. The molecule has 4 rings (SSSR count). The molecule has 0 amide bonds. The van der Waals surface area contributed by atoms with Gasteiger partial charge in [-0.2, -0.15) is 5.10 Å². The first kappa shape index (κ1) is 23.7. The van der Waals surface area contributed by atoms with E-state index < -0.39 is 11.6 Å². The molecule has 2 aromatic carbocycles. The number of aryl methyl sites for hydroxylation is 1. The van der Waals surface area contributed by atoms with Crippen LogP contribution in [0.5, 0.6) is 5.75 Å². The Bertz CT molecular complexity index is 1370. The second-order valence-electron chi connectivity index (χ2n) is 7.91. The topological polar surface area (TPSA) is 72.2 Å². The zero-order valence-corrected chi connectivity index (χ0v) is 19.4. The van der Waals surface area contributed by atoms with Gasteiger partial charge < -0.3 is 15.2 Å². The summed E-state index contributed by atoms with van der Waals surface area (Å²) in [6.45, 7) is 7.17. The van der Waals surface area contributed by atoms with E-state index in [1.807, 2.05) is 26.0 Å². The molecule has 0 unspecified atom stereocenters. The van der Waals surface area contributed by atoms with Crippen LogP contribution in [-0.4, -0.2) is 26.5 Å². The molecule has 0 saturated carbocycles. The highest BCUT2D eigenvalue weighted by atomic mass is 35.5. The van der Waals surface area contributed by atoms with E-state index >= 15 is 0 Å². The summed E-state index contributed by atoms with van der Waals surface area (Å²) in [5.41, 5.74) is 3.52. The first-order valence-corrected chi connectivity index (χ1v) is 10.9. The van der Waals surface area contributed by atoms with Crippen LogP contribution in [0.3, 0.4) is 0 Å². The van der Waals surface area contributed by atoms with Crippen LogP contribution in [0, 0.1) is 18.6 Å². The quantitative estimate of drug-likeness (QED) is 0.350. The number of fused-ring (bicyclic) bond motifs is 1. The highest BCUT2D eigenvalue weighted by Gasteiger charge is 2.18. The minimum atomic E-state index is -0.481. The molecule has 0 spiro atoms. The number of ether oxygens (including phenoxy) is 1. The second-order valence-corrected chi connectivity index (χ2v) is 8.32. The van der Waals surface area contributed by atoms with Gasteiger partial charge in [0, 0.05) is 28.4 Å². The number of halogens is 3. The maximum atomic E-state index is 14.1. The van der Waals surface area contributed by atoms with Crippen LogP contribution in [0.15, 0.2) is 61.1 Å². The van der Waals surface area contributed by atoms with Crippen molar-refractivity contribution in [2.75, 3.05) is 6.61 Å². The molecule has 0 bridgehead atoms. The molecule has 0 aliphatic rings. The Kier molecular flexibility index (Phi) is 6.81. The molecule has 176 valence electrons. The Hall–Kier alpha value is -3.49. The summed E-state index contributed by atoms with van der Waals surface area (Å²) >= 11 is 6.38. The number of aliphatic hydroxyl groups excluding tert-OH is 1. The Morgan fingerprint density at radius 1 is 1.26 bits per heavy atom. The van der Waals surface area contributed by atoms with Crippen molar-refractivity contribution in [2.24, 2.45) is 0 Å². The predicted octanol–water partition coefficient (Wildman–Crippen LogP) is 5.40. The van der Waals surface area contributed by atoms with Crippen molar-refractivity contribution in [3.05, 3.63) is 94.5 Å². The van der Waals surface area contributed by atoms with Crippen molar-refractivity contribution < 1.29 is 18.6 Å². The van der Waals surface area contributed by atoms with Gasteiger partial charge in [0.2, 0.25) is 0 Å². The van der Waals surface area contributed by atoms with E-state index in [1.165, 1.54) is 23.0 Å². The molecule has 0 fully saturated rings. The zero-order chi connectivity index (χ0) is 24.4. The Balaban J connectivity index is 1.71. The lowest BCUT2D eigenvalue weighted by molar-refractivity contribution is 0.305. The monoisotopic (exact) mass is 484 g/mol. The van der Waals surface area contributed by atoms with Gasteiger partial charge in [-0.05, 0) is 43.7 Å². The number of para-hydroxylation sites is 1. The van der Waals surface area contributed by atoms with Gasteiger partial charge in [0.1, 0.15) is 23.7 Å². The first-order chi connectivity index (χ1) is 16.3. The van der Waals surface area contributed by atoms with E-state index in [0.717, 1.165) is 11.6 Å². The van der Waals surface area contributed by atoms with Crippen molar-refractivity contribution in [1.82, 2.24) is 20.1 Å². The van der Waals surface area contributed by atoms with E-state index in [0.29, 0.717) is 39.5 Å². The number of nitrogens with zero attached hydrogens (tertiary/aromatic N) is 3. The summed E-state index contributed by atoms with van der Waals surface area (Å²) in [5, 5.41) is 17.3. The molecule has 6 nitrogen and oxygen atoms in total. The summed E-state index contributed by atoms with van der Waals surface area (Å²) in [6, 6.07) is 9.48. The molecule has 34 heavy (non-hydrogen) atoms. The lowest BCUT2D eigenvalue weighted by atomic mass is 10.0. The molecule has 9 heteroatoms. The Morgan fingerprint density at radius 3 is 2.76 bits per heavy atom. The third kappa shape index (κ3) is 4.88. The van der Waals surface area contributed by atoms with Gasteiger partial charge >= 0.3 is 0 Å². The molecule has 4 aromatic rings. The molecule has 0 radical (unpaired) electrons. The average molecular weight is 485 g/mol. The number of rotatable bonds is 8. The fourth-order valence-electron chi connectivity index (χ4n) is 3.81. The number of nitrogens with one attached hydrogen (secondary N) is 1. The van der Waals surface area contributed by atoms with E-state index in [4.69, 9.17) is 16.3 Å². The van der Waals surface area contributed by atoms with Crippen LogP contribution >= 0.6 is 11.6 Å². The predicted molar refractivity (Wildman–Crippen MR) is 127 cm³/mol. The summed E-state index contributed by atoms with van der Waals surface area (Å²) in [6.07, 6.45) is 2.43. The van der Waals surface area contributed by atoms with Crippen LogP contribution in [0.4, 0.5) is 8.78 Å². The molecule has 0 aliphatic carbocycles. The molecule has 2 aromatic heterocycles. The van der Waals surface area contributed by atoms with Crippen molar-refractivity contribution in [3.63, 3.8) is 0 Å². The number of hydrogen-bond acceptors (Lipinski definition) is 5. The fourth-order valence-corrected chi connectivity index (χ4v) is 4.08. The lowest BCUT2D eigenvalue weighted by Gasteiger charge is -2.21. The fraction of sp³-hybridized carbons (Fsp3) is 0.200. The average Bonchev–Trinajstić information content (AvgIpc) is 3.23. The molecule has 1 atom stereocenters. The van der Waals surface area contributed by atoms with Gasteiger partial charge in [-0.25, -0.2) is 18.4 Å². The lowest BCUT2D eigenvalue weighted by Crippen LogP contribution is -2.21. The van der Waals surface area contributed by atoms with E-state index in [2.05, 4.69) is 22.0 Å². The normalized spacial score (nSPS) is 12.1. The smallest absolute Gasteiger partial charge is 0.161 e. The third-order valence-corrected chi connectivity index (χ3v) is 5.69.